The topological polar surface area (TPSA) is 77.2 Å². The highest BCUT2D eigenvalue weighted by Gasteiger charge is 2.30. The summed E-state index contributed by atoms with van der Waals surface area (Å²) in [4.78, 5) is 12.7. The molecule has 6 nitrogen and oxygen atoms in total. The minimum absolute atomic E-state index is 0.00682. The number of rotatable bonds is 6. The lowest BCUT2D eigenvalue weighted by Gasteiger charge is -2.09. The molecule has 0 saturated carbocycles. The highest BCUT2D eigenvalue weighted by molar-refractivity contribution is 7.99. The van der Waals surface area contributed by atoms with Crippen molar-refractivity contribution in [1.82, 2.24) is 10.2 Å². The highest BCUT2D eigenvalue weighted by Crippen LogP contribution is 2.27. The number of halogens is 3. The van der Waals surface area contributed by atoms with Gasteiger partial charge in [0.1, 0.15) is 5.75 Å². The second-order valence-electron chi connectivity index (χ2n) is 4.76. The first-order chi connectivity index (χ1) is 12.4. The minimum Gasteiger partial charge on any atom is -0.410 e. The van der Waals surface area contributed by atoms with Crippen molar-refractivity contribution in [1.29, 1.82) is 0 Å². The third-order valence-electron chi connectivity index (χ3n) is 2.84. The Balaban J connectivity index is 1.50. The van der Waals surface area contributed by atoms with Gasteiger partial charge in [0.15, 0.2) is 0 Å². The summed E-state index contributed by atoms with van der Waals surface area (Å²) in [6, 6.07) is 8.54. The molecule has 0 aliphatic heterocycles. The van der Waals surface area contributed by atoms with E-state index in [1.165, 1.54) is 23.5 Å². The van der Waals surface area contributed by atoms with Crippen LogP contribution >= 0.6 is 23.1 Å². The zero-order valence-electron chi connectivity index (χ0n) is 12.8. The molecule has 2 heterocycles. The van der Waals surface area contributed by atoms with Gasteiger partial charge in [0.05, 0.1) is 10.6 Å². The van der Waals surface area contributed by atoms with E-state index in [1.807, 2.05) is 17.5 Å². The number of anilines is 1. The third kappa shape index (κ3) is 5.23. The summed E-state index contributed by atoms with van der Waals surface area (Å²) in [5.41, 5.74) is 0.343. The number of ether oxygens (including phenoxy) is 1. The quantitative estimate of drug-likeness (QED) is 0.616. The largest absolute Gasteiger partial charge is 0.573 e. The summed E-state index contributed by atoms with van der Waals surface area (Å²) < 4.78 is 45.5. The van der Waals surface area contributed by atoms with Crippen LogP contribution in [0.1, 0.15) is 0 Å². The summed E-state index contributed by atoms with van der Waals surface area (Å²) in [6.07, 6.45) is -4.76. The number of carbonyl (C=O) groups is 1. The summed E-state index contributed by atoms with van der Waals surface area (Å²) in [7, 11) is 0. The maximum absolute atomic E-state index is 12.1. The van der Waals surface area contributed by atoms with Gasteiger partial charge in [-0.3, -0.25) is 4.79 Å². The monoisotopic (exact) mass is 401 g/mol. The van der Waals surface area contributed by atoms with Crippen LogP contribution in [0.4, 0.5) is 18.9 Å². The number of carbonyl (C=O) groups excluding carboxylic acids is 1. The predicted molar refractivity (Wildman–Crippen MR) is 90.1 cm³/mol. The van der Waals surface area contributed by atoms with E-state index in [4.69, 9.17) is 4.42 Å². The van der Waals surface area contributed by atoms with Crippen molar-refractivity contribution in [3.63, 3.8) is 0 Å². The molecule has 136 valence electrons. The zero-order chi connectivity index (χ0) is 18.6. The highest BCUT2D eigenvalue weighted by atomic mass is 32.2. The summed E-state index contributed by atoms with van der Waals surface area (Å²) >= 11 is 2.51. The number of hydrogen-bond donors (Lipinski definition) is 1. The predicted octanol–water partition coefficient (Wildman–Crippen LogP) is 4.43. The fraction of sp³-hybridized carbons (Fsp3) is 0.133. The van der Waals surface area contributed by atoms with Crippen LogP contribution in [0.25, 0.3) is 10.8 Å². The molecular weight excluding hydrogens is 391 g/mol. The Bertz CT molecular complexity index is 864. The van der Waals surface area contributed by atoms with E-state index >= 15 is 0 Å². The maximum atomic E-state index is 12.1. The van der Waals surface area contributed by atoms with Gasteiger partial charge in [0.2, 0.25) is 5.91 Å². The Morgan fingerprint density at radius 2 is 2.00 bits per heavy atom. The number of aromatic nitrogens is 2. The number of nitrogens with zero attached hydrogens (tertiary/aromatic N) is 2. The van der Waals surface area contributed by atoms with Crippen molar-refractivity contribution in [3.8, 4) is 16.5 Å². The van der Waals surface area contributed by atoms with Gasteiger partial charge in [-0.2, -0.15) is 0 Å². The molecule has 0 spiro atoms. The number of benzene rings is 1. The fourth-order valence-corrected chi connectivity index (χ4v) is 3.04. The van der Waals surface area contributed by atoms with Gasteiger partial charge in [0, 0.05) is 5.69 Å². The van der Waals surface area contributed by atoms with Crippen LogP contribution in [-0.2, 0) is 4.79 Å². The average molecular weight is 401 g/mol. The molecule has 1 amide bonds. The van der Waals surface area contributed by atoms with E-state index in [1.54, 1.807) is 0 Å². The van der Waals surface area contributed by atoms with Crippen molar-refractivity contribution < 1.29 is 27.1 Å². The smallest absolute Gasteiger partial charge is 0.410 e. The number of hydrogen-bond acceptors (Lipinski definition) is 7. The van der Waals surface area contributed by atoms with E-state index in [-0.39, 0.29) is 22.6 Å². The third-order valence-corrected chi connectivity index (χ3v) is 4.51. The molecule has 11 heteroatoms. The Hall–Kier alpha value is -2.53. The minimum atomic E-state index is -4.76. The van der Waals surface area contributed by atoms with Crippen LogP contribution in [0.5, 0.6) is 5.75 Å². The number of thiophene rings is 1. The van der Waals surface area contributed by atoms with E-state index in [2.05, 4.69) is 20.3 Å². The second kappa shape index (κ2) is 7.79. The number of nitrogens with one attached hydrogen (secondary N) is 1. The lowest BCUT2D eigenvalue weighted by atomic mass is 10.3. The zero-order valence-corrected chi connectivity index (χ0v) is 14.5. The van der Waals surface area contributed by atoms with Crippen molar-refractivity contribution >= 4 is 34.7 Å². The Kier molecular flexibility index (Phi) is 5.47. The molecule has 3 aromatic rings. The van der Waals surface area contributed by atoms with Gasteiger partial charge >= 0.3 is 6.36 Å². The molecule has 0 unspecified atom stereocenters. The van der Waals surface area contributed by atoms with Crippen LogP contribution in [0.15, 0.2) is 51.4 Å². The number of thioether (sulfide) groups is 1. The lowest BCUT2D eigenvalue weighted by molar-refractivity contribution is -0.274. The van der Waals surface area contributed by atoms with Crippen LogP contribution in [-0.4, -0.2) is 28.2 Å². The number of amides is 1. The molecule has 0 aliphatic carbocycles. The van der Waals surface area contributed by atoms with Gasteiger partial charge in [0.25, 0.3) is 11.1 Å². The average Bonchev–Trinajstić information content (AvgIpc) is 3.24. The van der Waals surface area contributed by atoms with Gasteiger partial charge in [-0.1, -0.05) is 17.8 Å². The summed E-state index contributed by atoms with van der Waals surface area (Å²) in [5, 5.41) is 12.4. The van der Waals surface area contributed by atoms with Crippen LogP contribution in [0.3, 0.4) is 0 Å². The van der Waals surface area contributed by atoms with Gasteiger partial charge in [-0.15, -0.1) is 34.7 Å². The molecule has 0 bridgehead atoms. The van der Waals surface area contributed by atoms with E-state index < -0.39 is 6.36 Å². The molecule has 0 saturated heterocycles. The SMILES string of the molecule is O=C(CSc1nnc(-c2cccs2)o1)Nc1ccc(OC(F)(F)F)cc1. The first-order valence-electron chi connectivity index (χ1n) is 7.05. The van der Waals surface area contributed by atoms with Crippen molar-refractivity contribution in [2.24, 2.45) is 0 Å². The fourth-order valence-electron chi connectivity index (χ4n) is 1.83. The second-order valence-corrected chi connectivity index (χ2v) is 6.63. The Morgan fingerprint density at radius 1 is 1.23 bits per heavy atom. The summed E-state index contributed by atoms with van der Waals surface area (Å²) in [6.45, 7) is 0. The van der Waals surface area contributed by atoms with Crippen molar-refractivity contribution in [3.05, 3.63) is 41.8 Å². The molecule has 26 heavy (non-hydrogen) atoms. The van der Waals surface area contributed by atoms with E-state index in [9.17, 15) is 18.0 Å². The molecule has 1 aromatic carbocycles. The first-order valence-corrected chi connectivity index (χ1v) is 8.91. The summed E-state index contributed by atoms with van der Waals surface area (Å²) in [5.74, 6) is -0.345. The molecule has 0 aliphatic rings. The molecule has 0 fully saturated rings. The standard InChI is InChI=1S/C15H10F3N3O3S2/c16-15(17,18)24-10-5-3-9(4-6-10)19-12(22)8-26-14-21-20-13(23-14)11-2-1-7-25-11/h1-7H,8H2,(H,19,22). The van der Waals surface area contributed by atoms with Crippen molar-refractivity contribution in [2.45, 2.75) is 11.6 Å². The van der Waals surface area contributed by atoms with Crippen LogP contribution in [0, 0.1) is 0 Å². The van der Waals surface area contributed by atoms with Crippen LogP contribution < -0.4 is 10.1 Å². The number of alkyl halides is 3. The van der Waals surface area contributed by atoms with E-state index in [0.717, 1.165) is 28.8 Å². The molecule has 0 radical (unpaired) electrons. The molecule has 1 N–H and O–H groups in total. The molecule has 2 aromatic heterocycles. The Labute approximate surface area is 153 Å². The van der Waals surface area contributed by atoms with Crippen molar-refractivity contribution in [2.75, 3.05) is 11.1 Å². The van der Waals surface area contributed by atoms with Gasteiger partial charge < -0.3 is 14.5 Å². The first kappa shape index (κ1) is 18.3. The Morgan fingerprint density at radius 3 is 2.65 bits per heavy atom. The molecule has 0 atom stereocenters. The van der Waals surface area contributed by atoms with Gasteiger partial charge in [-0.25, -0.2) is 0 Å². The molecule has 3 rings (SSSR count). The molecular formula is C15H10F3N3O3S2. The van der Waals surface area contributed by atoms with Gasteiger partial charge in [-0.05, 0) is 35.7 Å². The maximum Gasteiger partial charge on any atom is 0.573 e. The van der Waals surface area contributed by atoms with Crippen LogP contribution in [0.2, 0.25) is 0 Å². The van der Waals surface area contributed by atoms with E-state index in [0.29, 0.717) is 11.6 Å². The normalized spacial score (nSPS) is 11.3. The lowest BCUT2D eigenvalue weighted by Crippen LogP contribution is -2.17.